The van der Waals surface area contributed by atoms with Gasteiger partial charge in [0.25, 0.3) is 0 Å². The van der Waals surface area contributed by atoms with Crippen LogP contribution in [0.3, 0.4) is 0 Å². The van der Waals surface area contributed by atoms with Gasteiger partial charge in [0.2, 0.25) is 5.91 Å². The van der Waals surface area contributed by atoms with Crippen molar-refractivity contribution in [3.8, 4) is 0 Å². The van der Waals surface area contributed by atoms with E-state index in [4.69, 9.17) is 0 Å². The molecule has 1 unspecified atom stereocenters. The molecule has 2 heterocycles. The number of aromatic nitrogens is 2. The van der Waals surface area contributed by atoms with Gasteiger partial charge in [-0.05, 0) is 24.8 Å². The van der Waals surface area contributed by atoms with E-state index < -0.39 is 0 Å². The number of hydrogen-bond donors (Lipinski definition) is 1. The monoisotopic (exact) mass is 353 g/mol. The first-order valence-corrected chi connectivity index (χ1v) is 9.19. The molecular formula is C20H27N5O. The number of benzene rings is 1. The molecule has 0 aliphatic carbocycles. The second-order valence-electron chi connectivity index (χ2n) is 6.97. The van der Waals surface area contributed by atoms with Crippen LogP contribution < -0.4 is 15.1 Å². The van der Waals surface area contributed by atoms with E-state index in [1.54, 1.807) is 6.33 Å². The highest BCUT2D eigenvalue weighted by atomic mass is 16.1. The first-order valence-electron chi connectivity index (χ1n) is 9.19. The van der Waals surface area contributed by atoms with E-state index in [0.717, 1.165) is 44.0 Å². The molecule has 0 bridgehead atoms. The largest absolute Gasteiger partial charge is 0.363 e. The molecule has 6 heteroatoms. The van der Waals surface area contributed by atoms with Crippen LogP contribution in [0.5, 0.6) is 0 Å². The fourth-order valence-electron chi connectivity index (χ4n) is 3.26. The van der Waals surface area contributed by atoms with Gasteiger partial charge in [-0.25, -0.2) is 9.97 Å². The molecule has 3 rings (SSSR count). The topological polar surface area (TPSA) is 61.4 Å². The number of rotatable bonds is 6. The Morgan fingerprint density at radius 1 is 1.27 bits per heavy atom. The van der Waals surface area contributed by atoms with Crippen molar-refractivity contribution >= 4 is 17.5 Å². The van der Waals surface area contributed by atoms with Crippen molar-refractivity contribution in [3.05, 3.63) is 48.3 Å². The molecule has 1 amide bonds. The van der Waals surface area contributed by atoms with Gasteiger partial charge in [-0.15, -0.1) is 0 Å². The molecule has 1 aromatic heterocycles. The molecule has 26 heavy (non-hydrogen) atoms. The summed E-state index contributed by atoms with van der Waals surface area (Å²) in [4.78, 5) is 25.2. The Bertz CT molecular complexity index is 719. The summed E-state index contributed by atoms with van der Waals surface area (Å²) in [6.07, 6.45) is 4.97. The molecule has 0 radical (unpaired) electrons. The van der Waals surface area contributed by atoms with E-state index in [9.17, 15) is 4.79 Å². The summed E-state index contributed by atoms with van der Waals surface area (Å²) in [5.41, 5.74) is 1.20. The van der Waals surface area contributed by atoms with Crippen LogP contribution >= 0.6 is 0 Å². The molecule has 0 spiro atoms. The SMILES string of the molecule is CN(C)c1cc(N2CCCC(NC(=O)CCc3ccccc3)C2)ncn1. The zero-order chi connectivity index (χ0) is 18.4. The quantitative estimate of drug-likeness (QED) is 0.863. The normalized spacial score (nSPS) is 17.0. The van der Waals surface area contributed by atoms with Crippen LogP contribution in [0.1, 0.15) is 24.8 Å². The van der Waals surface area contributed by atoms with Gasteiger partial charge >= 0.3 is 0 Å². The van der Waals surface area contributed by atoms with Gasteiger partial charge < -0.3 is 15.1 Å². The summed E-state index contributed by atoms with van der Waals surface area (Å²) < 4.78 is 0. The zero-order valence-electron chi connectivity index (χ0n) is 15.6. The molecule has 1 saturated heterocycles. The first kappa shape index (κ1) is 18.2. The molecule has 1 fully saturated rings. The van der Waals surface area contributed by atoms with Gasteiger partial charge in [0.05, 0.1) is 0 Å². The number of nitrogens with zero attached hydrogens (tertiary/aromatic N) is 4. The summed E-state index contributed by atoms with van der Waals surface area (Å²) >= 11 is 0. The molecule has 1 aliphatic heterocycles. The Morgan fingerprint density at radius 2 is 2.08 bits per heavy atom. The van der Waals surface area contributed by atoms with Crippen LogP contribution in [0.2, 0.25) is 0 Å². The van der Waals surface area contributed by atoms with E-state index in [2.05, 4.69) is 32.3 Å². The molecule has 1 N–H and O–H groups in total. The molecule has 138 valence electrons. The van der Waals surface area contributed by atoms with Gasteiger partial charge in [0.1, 0.15) is 18.0 Å². The van der Waals surface area contributed by atoms with Crippen molar-refractivity contribution < 1.29 is 4.79 Å². The predicted molar refractivity (Wildman–Crippen MR) is 104 cm³/mol. The Labute approximate surface area is 155 Å². The second kappa shape index (κ2) is 8.65. The lowest BCUT2D eigenvalue weighted by Crippen LogP contribution is -2.48. The van der Waals surface area contributed by atoms with Crippen LogP contribution in [-0.2, 0) is 11.2 Å². The van der Waals surface area contributed by atoms with Crippen LogP contribution in [0.25, 0.3) is 0 Å². The van der Waals surface area contributed by atoms with Crippen molar-refractivity contribution in [1.82, 2.24) is 15.3 Å². The minimum atomic E-state index is 0.123. The highest BCUT2D eigenvalue weighted by Crippen LogP contribution is 2.20. The minimum Gasteiger partial charge on any atom is -0.363 e. The Morgan fingerprint density at radius 3 is 2.85 bits per heavy atom. The molecule has 0 saturated carbocycles. The maximum Gasteiger partial charge on any atom is 0.220 e. The number of hydrogen-bond acceptors (Lipinski definition) is 5. The van der Waals surface area contributed by atoms with Gasteiger partial charge in [-0.1, -0.05) is 30.3 Å². The Balaban J connectivity index is 1.53. The van der Waals surface area contributed by atoms with E-state index in [1.165, 1.54) is 5.56 Å². The van der Waals surface area contributed by atoms with Crippen molar-refractivity contribution in [2.45, 2.75) is 31.7 Å². The smallest absolute Gasteiger partial charge is 0.220 e. The lowest BCUT2D eigenvalue weighted by atomic mass is 10.0. The fraction of sp³-hybridized carbons (Fsp3) is 0.450. The standard InChI is InChI=1S/C20H27N5O/c1-24(2)18-13-19(22-15-21-18)25-12-6-9-17(14-25)23-20(26)11-10-16-7-4-3-5-8-16/h3-5,7-8,13,15,17H,6,9-12,14H2,1-2H3,(H,23,26). The summed E-state index contributed by atoms with van der Waals surface area (Å²) in [7, 11) is 3.94. The minimum absolute atomic E-state index is 0.123. The van der Waals surface area contributed by atoms with Crippen LogP contribution in [0, 0.1) is 0 Å². The number of piperidine rings is 1. The van der Waals surface area contributed by atoms with Crippen LogP contribution in [0.4, 0.5) is 11.6 Å². The highest BCUT2D eigenvalue weighted by molar-refractivity contribution is 5.76. The second-order valence-corrected chi connectivity index (χ2v) is 6.97. The molecule has 2 aromatic rings. The molecule has 6 nitrogen and oxygen atoms in total. The fourth-order valence-corrected chi connectivity index (χ4v) is 3.26. The lowest BCUT2D eigenvalue weighted by Gasteiger charge is -2.34. The summed E-state index contributed by atoms with van der Waals surface area (Å²) in [5, 5.41) is 3.19. The Kier molecular flexibility index (Phi) is 6.04. The number of nitrogens with one attached hydrogen (secondary N) is 1. The number of aryl methyl sites for hydroxylation is 1. The van der Waals surface area contributed by atoms with E-state index >= 15 is 0 Å². The molecular weight excluding hydrogens is 326 g/mol. The van der Waals surface area contributed by atoms with Gasteiger partial charge in [0, 0.05) is 45.7 Å². The summed E-state index contributed by atoms with van der Waals surface area (Å²) in [6.45, 7) is 1.75. The third kappa shape index (κ3) is 4.94. The predicted octanol–water partition coefficient (Wildman–Crippen LogP) is 2.26. The van der Waals surface area contributed by atoms with E-state index in [0.29, 0.717) is 6.42 Å². The number of carbonyl (C=O) groups is 1. The van der Waals surface area contributed by atoms with E-state index in [-0.39, 0.29) is 11.9 Å². The molecule has 1 aliphatic rings. The average molecular weight is 353 g/mol. The number of amides is 1. The average Bonchev–Trinajstić information content (AvgIpc) is 2.67. The van der Waals surface area contributed by atoms with E-state index in [1.807, 2.05) is 43.3 Å². The van der Waals surface area contributed by atoms with Gasteiger partial charge in [-0.2, -0.15) is 0 Å². The maximum absolute atomic E-state index is 12.3. The van der Waals surface area contributed by atoms with Crippen molar-refractivity contribution in [1.29, 1.82) is 0 Å². The third-order valence-electron chi connectivity index (χ3n) is 4.69. The van der Waals surface area contributed by atoms with Gasteiger partial charge in [-0.3, -0.25) is 4.79 Å². The highest BCUT2D eigenvalue weighted by Gasteiger charge is 2.22. The lowest BCUT2D eigenvalue weighted by molar-refractivity contribution is -0.121. The maximum atomic E-state index is 12.3. The van der Waals surface area contributed by atoms with Crippen molar-refractivity contribution in [2.75, 3.05) is 37.0 Å². The van der Waals surface area contributed by atoms with Gasteiger partial charge in [0.15, 0.2) is 0 Å². The van der Waals surface area contributed by atoms with Crippen molar-refractivity contribution in [2.24, 2.45) is 0 Å². The third-order valence-corrected chi connectivity index (χ3v) is 4.69. The van der Waals surface area contributed by atoms with Crippen LogP contribution in [0.15, 0.2) is 42.7 Å². The Hall–Kier alpha value is -2.63. The van der Waals surface area contributed by atoms with Crippen molar-refractivity contribution in [3.63, 3.8) is 0 Å². The zero-order valence-corrected chi connectivity index (χ0v) is 15.6. The molecule has 1 aromatic carbocycles. The summed E-state index contributed by atoms with van der Waals surface area (Å²) in [6, 6.07) is 12.3. The summed E-state index contributed by atoms with van der Waals surface area (Å²) in [5.74, 6) is 1.94. The number of carbonyl (C=O) groups excluding carboxylic acids is 1. The number of anilines is 2. The first-order chi connectivity index (χ1) is 12.6. The molecule has 1 atom stereocenters. The van der Waals surface area contributed by atoms with Crippen LogP contribution in [-0.4, -0.2) is 49.1 Å².